The maximum Gasteiger partial charge on any atom is 0.0840 e. The van der Waals surface area contributed by atoms with Crippen LogP contribution in [0, 0.1) is 10.5 Å². The molecule has 3 heteroatoms. The summed E-state index contributed by atoms with van der Waals surface area (Å²) in [6.45, 7) is 2.07. The molecule has 0 amide bonds. The van der Waals surface area contributed by atoms with Gasteiger partial charge < -0.3 is 5.11 Å². The van der Waals surface area contributed by atoms with Crippen molar-refractivity contribution in [1.82, 2.24) is 0 Å². The van der Waals surface area contributed by atoms with Gasteiger partial charge in [-0.1, -0.05) is 18.2 Å². The molecule has 1 heterocycles. The van der Waals surface area contributed by atoms with Crippen molar-refractivity contribution < 1.29 is 5.11 Å². The number of thiophene rings is 1. The molecule has 1 atom stereocenters. The van der Waals surface area contributed by atoms with Crippen molar-refractivity contribution >= 4 is 33.9 Å². The van der Waals surface area contributed by atoms with Gasteiger partial charge in [0.15, 0.2) is 0 Å². The Morgan fingerprint density at radius 1 is 1.38 bits per heavy atom. The highest BCUT2D eigenvalue weighted by molar-refractivity contribution is 14.1. The standard InChI is InChI=1S/C13H13IOS/c1-9-3-2-4-11(13(9)14)12(15)7-10-5-6-16-8-10/h2-6,8,12,15H,7H2,1H3. The topological polar surface area (TPSA) is 20.2 Å². The minimum Gasteiger partial charge on any atom is -0.388 e. The Morgan fingerprint density at radius 2 is 2.19 bits per heavy atom. The number of rotatable bonds is 3. The monoisotopic (exact) mass is 344 g/mol. The summed E-state index contributed by atoms with van der Waals surface area (Å²) >= 11 is 3.98. The summed E-state index contributed by atoms with van der Waals surface area (Å²) in [7, 11) is 0. The number of halogens is 1. The fraction of sp³-hybridized carbons (Fsp3) is 0.231. The zero-order chi connectivity index (χ0) is 11.5. The number of hydrogen-bond acceptors (Lipinski definition) is 2. The second kappa shape index (κ2) is 5.29. The molecule has 0 aliphatic heterocycles. The smallest absolute Gasteiger partial charge is 0.0840 e. The van der Waals surface area contributed by atoms with Crippen LogP contribution < -0.4 is 0 Å². The van der Waals surface area contributed by atoms with Gasteiger partial charge in [0.2, 0.25) is 0 Å². The Bertz CT molecular complexity index is 465. The van der Waals surface area contributed by atoms with Crippen LogP contribution in [-0.4, -0.2) is 5.11 Å². The number of aliphatic hydroxyl groups excluding tert-OH is 1. The summed E-state index contributed by atoms with van der Waals surface area (Å²) < 4.78 is 1.17. The maximum absolute atomic E-state index is 10.2. The third kappa shape index (κ3) is 2.64. The summed E-state index contributed by atoms with van der Waals surface area (Å²) in [5, 5.41) is 14.3. The van der Waals surface area contributed by atoms with Gasteiger partial charge in [0.1, 0.15) is 0 Å². The van der Waals surface area contributed by atoms with E-state index < -0.39 is 6.10 Å². The van der Waals surface area contributed by atoms with Gasteiger partial charge in [-0.3, -0.25) is 0 Å². The molecular weight excluding hydrogens is 331 g/mol. The second-order valence-corrected chi connectivity index (χ2v) is 5.69. The molecule has 0 spiro atoms. The van der Waals surface area contributed by atoms with Crippen LogP contribution in [0.15, 0.2) is 35.0 Å². The van der Waals surface area contributed by atoms with Crippen LogP contribution in [0.25, 0.3) is 0 Å². The Morgan fingerprint density at radius 3 is 2.88 bits per heavy atom. The molecule has 1 aromatic carbocycles. The first kappa shape index (κ1) is 12.1. The molecule has 0 fully saturated rings. The lowest BCUT2D eigenvalue weighted by atomic mass is 10.0. The average molecular weight is 344 g/mol. The van der Waals surface area contributed by atoms with Gasteiger partial charge in [-0.25, -0.2) is 0 Å². The second-order valence-electron chi connectivity index (χ2n) is 3.83. The van der Waals surface area contributed by atoms with Crippen molar-refractivity contribution in [2.24, 2.45) is 0 Å². The summed E-state index contributed by atoms with van der Waals surface area (Å²) in [6.07, 6.45) is 0.296. The van der Waals surface area contributed by atoms with Gasteiger partial charge >= 0.3 is 0 Å². The van der Waals surface area contributed by atoms with Crippen LogP contribution in [-0.2, 0) is 6.42 Å². The molecule has 2 aromatic rings. The average Bonchev–Trinajstić information content (AvgIpc) is 2.74. The van der Waals surface area contributed by atoms with Gasteiger partial charge in [0.05, 0.1) is 6.10 Å². The van der Waals surface area contributed by atoms with E-state index in [1.54, 1.807) is 11.3 Å². The third-order valence-corrected chi connectivity index (χ3v) is 4.80. The van der Waals surface area contributed by atoms with Crippen molar-refractivity contribution in [3.05, 3.63) is 55.3 Å². The minimum absolute atomic E-state index is 0.401. The molecule has 0 saturated heterocycles. The van der Waals surface area contributed by atoms with E-state index in [2.05, 4.69) is 47.0 Å². The summed E-state index contributed by atoms with van der Waals surface area (Å²) in [5.41, 5.74) is 3.46. The van der Waals surface area contributed by atoms with Gasteiger partial charge in [0, 0.05) is 9.99 Å². The Labute approximate surface area is 113 Å². The Kier molecular flexibility index (Phi) is 4.00. The van der Waals surface area contributed by atoms with Crippen LogP contribution in [0.4, 0.5) is 0 Å². The van der Waals surface area contributed by atoms with Crippen molar-refractivity contribution in [1.29, 1.82) is 0 Å². The largest absolute Gasteiger partial charge is 0.388 e. The van der Waals surface area contributed by atoms with Gasteiger partial charge in [-0.05, 0) is 63.0 Å². The highest BCUT2D eigenvalue weighted by Gasteiger charge is 2.13. The lowest BCUT2D eigenvalue weighted by molar-refractivity contribution is 0.177. The molecule has 1 N–H and O–H groups in total. The van der Waals surface area contributed by atoms with Crippen LogP contribution >= 0.6 is 33.9 Å². The first-order valence-electron chi connectivity index (χ1n) is 5.12. The first-order valence-corrected chi connectivity index (χ1v) is 7.15. The SMILES string of the molecule is Cc1cccc(C(O)Cc2ccsc2)c1I. The normalized spacial score (nSPS) is 12.7. The van der Waals surface area contributed by atoms with E-state index in [-0.39, 0.29) is 0 Å². The van der Waals surface area contributed by atoms with Crippen LogP contribution in [0.1, 0.15) is 22.8 Å². The third-order valence-electron chi connectivity index (χ3n) is 2.59. The molecule has 84 valence electrons. The van der Waals surface area contributed by atoms with E-state index in [1.165, 1.54) is 14.7 Å². The van der Waals surface area contributed by atoms with Crippen LogP contribution in [0.3, 0.4) is 0 Å². The molecule has 0 aliphatic rings. The molecule has 0 radical (unpaired) electrons. The molecule has 16 heavy (non-hydrogen) atoms. The molecular formula is C13H13IOS. The van der Waals surface area contributed by atoms with E-state index in [0.717, 1.165) is 5.56 Å². The number of aryl methyl sites for hydroxylation is 1. The van der Waals surface area contributed by atoms with E-state index in [4.69, 9.17) is 0 Å². The van der Waals surface area contributed by atoms with Gasteiger partial charge in [-0.15, -0.1) is 0 Å². The molecule has 1 nitrogen and oxygen atoms in total. The predicted molar refractivity (Wildman–Crippen MR) is 76.9 cm³/mol. The molecule has 2 rings (SSSR count). The lowest BCUT2D eigenvalue weighted by Gasteiger charge is -2.13. The Balaban J connectivity index is 2.21. The van der Waals surface area contributed by atoms with Gasteiger partial charge in [0.25, 0.3) is 0 Å². The highest BCUT2D eigenvalue weighted by atomic mass is 127. The van der Waals surface area contributed by atoms with Crippen molar-refractivity contribution in [2.45, 2.75) is 19.4 Å². The summed E-state index contributed by atoms with van der Waals surface area (Å²) in [4.78, 5) is 0. The molecule has 0 aliphatic carbocycles. The van der Waals surface area contributed by atoms with E-state index in [9.17, 15) is 5.11 Å². The molecule has 1 unspecified atom stereocenters. The van der Waals surface area contributed by atoms with Crippen molar-refractivity contribution in [3.63, 3.8) is 0 Å². The van der Waals surface area contributed by atoms with E-state index in [1.807, 2.05) is 17.5 Å². The van der Waals surface area contributed by atoms with Crippen LogP contribution in [0.2, 0.25) is 0 Å². The summed E-state index contributed by atoms with van der Waals surface area (Å²) in [6, 6.07) is 8.15. The lowest BCUT2D eigenvalue weighted by Crippen LogP contribution is -2.04. The maximum atomic E-state index is 10.2. The predicted octanol–water partition coefficient (Wildman–Crippen LogP) is 3.94. The fourth-order valence-electron chi connectivity index (χ4n) is 1.67. The Hall–Kier alpha value is -0.390. The zero-order valence-electron chi connectivity index (χ0n) is 8.98. The van der Waals surface area contributed by atoms with E-state index >= 15 is 0 Å². The van der Waals surface area contributed by atoms with Crippen LogP contribution in [0.5, 0.6) is 0 Å². The molecule has 0 bridgehead atoms. The minimum atomic E-state index is -0.401. The zero-order valence-corrected chi connectivity index (χ0v) is 12.0. The number of aliphatic hydroxyl groups is 1. The van der Waals surface area contributed by atoms with E-state index in [0.29, 0.717) is 6.42 Å². The summed E-state index contributed by atoms with van der Waals surface area (Å²) in [5.74, 6) is 0. The quantitative estimate of drug-likeness (QED) is 0.837. The number of hydrogen-bond donors (Lipinski definition) is 1. The van der Waals surface area contributed by atoms with Crippen molar-refractivity contribution in [2.75, 3.05) is 0 Å². The number of benzene rings is 1. The first-order chi connectivity index (χ1) is 7.68. The fourth-order valence-corrected chi connectivity index (χ4v) is 3.07. The van der Waals surface area contributed by atoms with Crippen molar-refractivity contribution in [3.8, 4) is 0 Å². The molecule has 0 saturated carbocycles. The molecule has 1 aromatic heterocycles. The highest BCUT2D eigenvalue weighted by Crippen LogP contribution is 2.26. The van der Waals surface area contributed by atoms with Gasteiger partial charge in [-0.2, -0.15) is 11.3 Å².